The van der Waals surface area contributed by atoms with E-state index in [9.17, 15) is 4.79 Å². The molecule has 0 fully saturated rings. The van der Waals surface area contributed by atoms with Crippen molar-refractivity contribution in [1.82, 2.24) is 4.98 Å². The largest absolute Gasteiger partial charge is 0.496 e. The Kier molecular flexibility index (Phi) is 5.22. The summed E-state index contributed by atoms with van der Waals surface area (Å²) in [5.74, 6) is 1.30. The first-order chi connectivity index (χ1) is 10.2. The molecule has 0 aliphatic heterocycles. The van der Waals surface area contributed by atoms with Crippen LogP contribution in [0.15, 0.2) is 42.7 Å². The third kappa shape index (κ3) is 3.55. The van der Waals surface area contributed by atoms with Gasteiger partial charge in [0.15, 0.2) is 0 Å². The fourth-order valence-corrected chi connectivity index (χ4v) is 2.32. The zero-order valence-corrected chi connectivity index (χ0v) is 13.0. The van der Waals surface area contributed by atoms with Crippen LogP contribution in [0.4, 0.5) is 5.69 Å². The van der Waals surface area contributed by atoms with Gasteiger partial charge in [0.2, 0.25) is 0 Å². The smallest absolute Gasteiger partial charge is 0.259 e. The van der Waals surface area contributed by atoms with E-state index in [4.69, 9.17) is 4.74 Å². The van der Waals surface area contributed by atoms with Gasteiger partial charge in [-0.05, 0) is 42.8 Å². The first kappa shape index (κ1) is 15.4. The predicted octanol–water partition coefficient (Wildman–Crippen LogP) is 2.98. The van der Waals surface area contributed by atoms with E-state index in [1.807, 2.05) is 25.1 Å². The highest BCUT2D eigenvalue weighted by atomic mass is 32.1. The van der Waals surface area contributed by atoms with Gasteiger partial charge in [-0.3, -0.25) is 9.78 Å². The molecule has 110 valence electrons. The number of amides is 1. The summed E-state index contributed by atoms with van der Waals surface area (Å²) in [5.41, 5.74) is 2.38. The fraction of sp³-hybridized carbons (Fsp3) is 0.250. The summed E-state index contributed by atoms with van der Waals surface area (Å²) >= 11 is 4.25. The zero-order valence-electron chi connectivity index (χ0n) is 12.1. The van der Waals surface area contributed by atoms with Crippen molar-refractivity contribution in [3.05, 3.63) is 53.9 Å². The molecule has 4 nitrogen and oxygen atoms in total. The second-order valence-electron chi connectivity index (χ2n) is 4.58. The second-order valence-corrected chi connectivity index (χ2v) is 5.02. The topological polar surface area (TPSA) is 42.4 Å². The van der Waals surface area contributed by atoms with E-state index in [-0.39, 0.29) is 5.91 Å². The van der Waals surface area contributed by atoms with Crippen LogP contribution in [0.25, 0.3) is 0 Å². The Morgan fingerprint density at radius 3 is 2.76 bits per heavy atom. The Morgan fingerprint density at radius 2 is 2.19 bits per heavy atom. The molecular weight excluding hydrogens is 284 g/mol. The van der Waals surface area contributed by atoms with Crippen LogP contribution < -0.4 is 9.64 Å². The lowest BCUT2D eigenvalue weighted by molar-refractivity contribution is 0.0988. The lowest BCUT2D eigenvalue weighted by Crippen LogP contribution is -2.32. The molecule has 0 bridgehead atoms. The van der Waals surface area contributed by atoms with E-state index >= 15 is 0 Å². The summed E-state index contributed by atoms with van der Waals surface area (Å²) in [6.45, 7) is 2.48. The monoisotopic (exact) mass is 302 g/mol. The molecule has 0 unspecified atom stereocenters. The first-order valence-corrected chi connectivity index (χ1v) is 7.28. The normalized spacial score (nSPS) is 10.2. The number of hydrogen-bond donors (Lipinski definition) is 1. The average molecular weight is 302 g/mol. The maximum Gasteiger partial charge on any atom is 0.259 e. The maximum absolute atomic E-state index is 12.6. The van der Waals surface area contributed by atoms with E-state index in [1.165, 1.54) is 0 Å². The Balaban J connectivity index is 2.35. The van der Waals surface area contributed by atoms with E-state index in [1.54, 1.807) is 36.5 Å². The minimum absolute atomic E-state index is 0.0817. The molecule has 0 atom stereocenters. The van der Waals surface area contributed by atoms with Crippen LogP contribution >= 0.6 is 12.6 Å². The van der Waals surface area contributed by atoms with Crippen LogP contribution in [-0.4, -0.2) is 30.3 Å². The highest BCUT2D eigenvalue weighted by molar-refractivity contribution is 7.80. The van der Waals surface area contributed by atoms with Gasteiger partial charge in [0.1, 0.15) is 5.75 Å². The van der Waals surface area contributed by atoms with Crippen LogP contribution in [0, 0.1) is 6.92 Å². The van der Waals surface area contributed by atoms with Gasteiger partial charge >= 0.3 is 0 Å². The molecule has 0 aliphatic carbocycles. The van der Waals surface area contributed by atoms with Crippen molar-refractivity contribution < 1.29 is 9.53 Å². The summed E-state index contributed by atoms with van der Waals surface area (Å²) in [5, 5.41) is 0. The molecule has 0 radical (unpaired) electrons. The Bertz CT molecular complexity index is 617. The Morgan fingerprint density at radius 1 is 1.38 bits per heavy atom. The molecule has 0 saturated heterocycles. The van der Waals surface area contributed by atoms with Gasteiger partial charge in [-0.2, -0.15) is 12.6 Å². The van der Waals surface area contributed by atoms with Crippen molar-refractivity contribution in [3.8, 4) is 5.75 Å². The molecule has 2 aromatic rings. The van der Waals surface area contributed by atoms with Crippen LogP contribution in [0.5, 0.6) is 5.75 Å². The van der Waals surface area contributed by atoms with E-state index in [0.29, 0.717) is 17.9 Å². The molecule has 5 heteroatoms. The Labute approximate surface area is 130 Å². The summed E-state index contributed by atoms with van der Waals surface area (Å²) in [6, 6.07) is 9.20. The number of benzene rings is 1. The quantitative estimate of drug-likeness (QED) is 0.864. The SMILES string of the molecule is COc1ccc(N(CCS)C(=O)c2cccnc2)cc1C. The number of carbonyl (C=O) groups excluding carboxylic acids is 1. The van der Waals surface area contributed by atoms with Crippen molar-refractivity contribution in [1.29, 1.82) is 0 Å². The summed E-state index contributed by atoms with van der Waals surface area (Å²) < 4.78 is 5.26. The van der Waals surface area contributed by atoms with Gasteiger partial charge in [-0.15, -0.1) is 0 Å². The van der Waals surface area contributed by atoms with Crippen LogP contribution in [-0.2, 0) is 0 Å². The lowest BCUT2D eigenvalue weighted by atomic mass is 10.1. The molecule has 1 aromatic carbocycles. The predicted molar refractivity (Wildman–Crippen MR) is 87.5 cm³/mol. The molecule has 1 aromatic heterocycles. The number of methoxy groups -OCH3 is 1. The number of rotatable bonds is 5. The minimum Gasteiger partial charge on any atom is -0.496 e. The van der Waals surface area contributed by atoms with Crippen molar-refractivity contribution in [2.24, 2.45) is 0 Å². The first-order valence-electron chi connectivity index (χ1n) is 6.64. The number of anilines is 1. The van der Waals surface area contributed by atoms with Gasteiger partial charge < -0.3 is 9.64 Å². The standard InChI is InChI=1S/C16H18N2O2S/c1-12-10-14(5-6-15(12)20-2)18(8-9-21)16(19)13-4-3-7-17-11-13/h3-7,10-11,21H,8-9H2,1-2H3. The second kappa shape index (κ2) is 7.13. The zero-order chi connectivity index (χ0) is 15.2. The van der Waals surface area contributed by atoms with Crippen molar-refractivity contribution in [3.63, 3.8) is 0 Å². The highest BCUT2D eigenvalue weighted by Crippen LogP contribution is 2.25. The average Bonchev–Trinajstić information content (AvgIpc) is 2.52. The van der Waals surface area contributed by atoms with E-state index < -0.39 is 0 Å². The maximum atomic E-state index is 12.6. The van der Waals surface area contributed by atoms with Crippen molar-refractivity contribution in [2.75, 3.05) is 24.3 Å². The minimum atomic E-state index is -0.0817. The molecule has 1 amide bonds. The molecule has 0 N–H and O–H groups in total. The van der Waals surface area contributed by atoms with Gasteiger partial charge in [0.25, 0.3) is 5.91 Å². The van der Waals surface area contributed by atoms with Gasteiger partial charge in [-0.1, -0.05) is 0 Å². The van der Waals surface area contributed by atoms with Crippen molar-refractivity contribution in [2.45, 2.75) is 6.92 Å². The number of aryl methyl sites for hydroxylation is 1. The number of carbonyl (C=O) groups is 1. The molecule has 0 aliphatic rings. The lowest BCUT2D eigenvalue weighted by Gasteiger charge is -2.23. The molecule has 21 heavy (non-hydrogen) atoms. The van der Waals surface area contributed by atoms with Gasteiger partial charge in [0.05, 0.1) is 12.7 Å². The van der Waals surface area contributed by atoms with Crippen LogP contribution in [0.2, 0.25) is 0 Å². The number of aromatic nitrogens is 1. The van der Waals surface area contributed by atoms with Gasteiger partial charge in [0, 0.05) is 30.4 Å². The number of thiol groups is 1. The summed E-state index contributed by atoms with van der Waals surface area (Å²) in [4.78, 5) is 18.3. The molecule has 1 heterocycles. The molecule has 0 saturated carbocycles. The third-order valence-electron chi connectivity index (χ3n) is 3.17. The van der Waals surface area contributed by atoms with E-state index in [2.05, 4.69) is 17.6 Å². The van der Waals surface area contributed by atoms with E-state index in [0.717, 1.165) is 17.0 Å². The van der Waals surface area contributed by atoms with Crippen LogP contribution in [0.3, 0.4) is 0 Å². The number of hydrogen-bond acceptors (Lipinski definition) is 4. The number of nitrogens with zero attached hydrogens (tertiary/aromatic N) is 2. The van der Waals surface area contributed by atoms with Crippen LogP contribution in [0.1, 0.15) is 15.9 Å². The summed E-state index contributed by atoms with van der Waals surface area (Å²) in [7, 11) is 1.63. The molecular formula is C16H18N2O2S. The summed E-state index contributed by atoms with van der Waals surface area (Å²) in [6.07, 6.45) is 3.22. The fourth-order valence-electron chi connectivity index (χ4n) is 2.12. The highest BCUT2D eigenvalue weighted by Gasteiger charge is 2.17. The molecule has 0 spiro atoms. The van der Waals surface area contributed by atoms with Crippen molar-refractivity contribution >= 4 is 24.2 Å². The number of ether oxygens (including phenoxy) is 1. The number of pyridine rings is 1. The molecule has 2 rings (SSSR count). The third-order valence-corrected chi connectivity index (χ3v) is 3.37. The van der Waals surface area contributed by atoms with Gasteiger partial charge in [-0.25, -0.2) is 0 Å². The Hall–Kier alpha value is -2.01.